The standard InChI is InChI=1S/C16H25N3O/c1-9(2)14-7-12(8-15(17)18-14)16(20)19-13-6-5-10(3)11(13)4/h7-11,13H,5-6H2,1-4H3,(H2,17,18)(H,19,20). The summed E-state index contributed by atoms with van der Waals surface area (Å²) >= 11 is 0. The number of carbonyl (C=O) groups is 1. The van der Waals surface area contributed by atoms with Crippen molar-refractivity contribution >= 4 is 11.7 Å². The Kier molecular flexibility index (Phi) is 4.31. The second kappa shape index (κ2) is 5.81. The first-order valence-electron chi connectivity index (χ1n) is 7.46. The molecule has 4 heteroatoms. The monoisotopic (exact) mass is 275 g/mol. The first-order chi connectivity index (χ1) is 9.38. The molecule has 20 heavy (non-hydrogen) atoms. The Bertz CT molecular complexity index is 498. The van der Waals surface area contributed by atoms with Crippen molar-refractivity contribution in [1.29, 1.82) is 0 Å². The molecule has 110 valence electrons. The normalized spacial score (nSPS) is 25.9. The SMILES string of the molecule is CC(C)c1cc(C(=O)NC2CCC(C)C2C)cc(N)n1. The number of nitrogens with one attached hydrogen (secondary N) is 1. The molecule has 1 heterocycles. The van der Waals surface area contributed by atoms with Crippen LogP contribution in [0.2, 0.25) is 0 Å². The third-order valence-corrected chi connectivity index (χ3v) is 4.50. The van der Waals surface area contributed by atoms with E-state index in [2.05, 4.69) is 24.1 Å². The number of anilines is 1. The van der Waals surface area contributed by atoms with Crippen LogP contribution in [0.1, 0.15) is 62.5 Å². The maximum Gasteiger partial charge on any atom is 0.251 e. The van der Waals surface area contributed by atoms with E-state index < -0.39 is 0 Å². The zero-order valence-corrected chi connectivity index (χ0v) is 12.8. The van der Waals surface area contributed by atoms with Gasteiger partial charge in [0.2, 0.25) is 0 Å². The average Bonchev–Trinajstić information content (AvgIpc) is 2.70. The predicted octanol–water partition coefficient (Wildman–Crippen LogP) is 2.95. The fourth-order valence-corrected chi connectivity index (χ4v) is 2.82. The summed E-state index contributed by atoms with van der Waals surface area (Å²) in [7, 11) is 0. The summed E-state index contributed by atoms with van der Waals surface area (Å²) in [6, 6.07) is 3.78. The Balaban J connectivity index is 2.13. The lowest BCUT2D eigenvalue weighted by molar-refractivity contribution is 0.0927. The van der Waals surface area contributed by atoms with E-state index >= 15 is 0 Å². The molecule has 0 bridgehead atoms. The van der Waals surface area contributed by atoms with E-state index in [1.807, 2.05) is 19.9 Å². The van der Waals surface area contributed by atoms with Crippen molar-refractivity contribution in [3.05, 3.63) is 23.4 Å². The molecular formula is C16H25N3O. The van der Waals surface area contributed by atoms with Gasteiger partial charge in [0, 0.05) is 17.3 Å². The van der Waals surface area contributed by atoms with E-state index in [-0.39, 0.29) is 17.9 Å². The van der Waals surface area contributed by atoms with Crippen LogP contribution in [0.5, 0.6) is 0 Å². The highest BCUT2D eigenvalue weighted by molar-refractivity contribution is 5.95. The minimum absolute atomic E-state index is 0.0352. The van der Waals surface area contributed by atoms with Gasteiger partial charge in [0.15, 0.2) is 0 Å². The van der Waals surface area contributed by atoms with Crippen molar-refractivity contribution < 1.29 is 4.79 Å². The van der Waals surface area contributed by atoms with Crippen LogP contribution in [0, 0.1) is 11.8 Å². The second-order valence-corrected chi connectivity index (χ2v) is 6.35. The van der Waals surface area contributed by atoms with Crippen LogP contribution in [0.25, 0.3) is 0 Å². The van der Waals surface area contributed by atoms with Crippen LogP contribution in [-0.2, 0) is 0 Å². The Morgan fingerprint density at radius 3 is 2.60 bits per heavy atom. The summed E-state index contributed by atoms with van der Waals surface area (Å²) in [5.74, 6) is 1.84. The van der Waals surface area contributed by atoms with Crippen molar-refractivity contribution in [1.82, 2.24) is 10.3 Å². The van der Waals surface area contributed by atoms with Gasteiger partial charge in [0.1, 0.15) is 5.82 Å². The van der Waals surface area contributed by atoms with E-state index in [1.54, 1.807) is 6.07 Å². The van der Waals surface area contributed by atoms with Gasteiger partial charge in [-0.05, 0) is 42.7 Å². The van der Waals surface area contributed by atoms with Crippen LogP contribution >= 0.6 is 0 Å². The molecule has 0 aliphatic heterocycles. The number of amides is 1. The summed E-state index contributed by atoms with van der Waals surface area (Å²) in [6.45, 7) is 8.55. The Morgan fingerprint density at radius 1 is 1.35 bits per heavy atom. The molecule has 1 fully saturated rings. The van der Waals surface area contributed by atoms with Crippen LogP contribution in [0.4, 0.5) is 5.82 Å². The van der Waals surface area contributed by atoms with Crippen LogP contribution in [0.3, 0.4) is 0 Å². The van der Waals surface area contributed by atoms with E-state index in [1.165, 1.54) is 6.42 Å². The molecule has 1 aliphatic carbocycles. The first kappa shape index (κ1) is 14.8. The maximum absolute atomic E-state index is 12.4. The van der Waals surface area contributed by atoms with Crippen molar-refractivity contribution in [2.24, 2.45) is 11.8 Å². The lowest BCUT2D eigenvalue weighted by Crippen LogP contribution is -2.37. The number of carbonyl (C=O) groups excluding carboxylic acids is 1. The minimum Gasteiger partial charge on any atom is -0.384 e. The fraction of sp³-hybridized carbons (Fsp3) is 0.625. The highest BCUT2D eigenvalue weighted by Gasteiger charge is 2.31. The molecule has 0 spiro atoms. The van der Waals surface area contributed by atoms with Crippen LogP contribution < -0.4 is 11.1 Å². The number of aromatic nitrogens is 1. The molecule has 1 aromatic rings. The zero-order valence-electron chi connectivity index (χ0n) is 12.8. The molecule has 0 saturated heterocycles. The number of hydrogen-bond acceptors (Lipinski definition) is 3. The van der Waals surface area contributed by atoms with Crippen molar-refractivity contribution in [3.63, 3.8) is 0 Å². The van der Waals surface area contributed by atoms with Gasteiger partial charge >= 0.3 is 0 Å². The van der Waals surface area contributed by atoms with Gasteiger partial charge in [0.05, 0.1) is 0 Å². The summed E-state index contributed by atoms with van der Waals surface area (Å²) in [5.41, 5.74) is 7.28. The van der Waals surface area contributed by atoms with Gasteiger partial charge in [-0.1, -0.05) is 27.7 Å². The number of hydrogen-bond donors (Lipinski definition) is 2. The van der Waals surface area contributed by atoms with Crippen molar-refractivity contribution in [2.45, 2.75) is 52.5 Å². The van der Waals surface area contributed by atoms with Crippen molar-refractivity contribution in [2.75, 3.05) is 5.73 Å². The Hall–Kier alpha value is -1.58. The summed E-state index contributed by atoms with van der Waals surface area (Å²) in [5, 5.41) is 3.15. The predicted molar refractivity (Wildman–Crippen MR) is 81.6 cm³/mol. The lowest BCUT2D eigenvalue weighted by atomic mass is 9.97. The molecule has 4 nitrogen and oxygen atoms in total. The molecule has 0 aromatic carbocycles. The van der Waals surface area contributed by atoms with Gasteiger partial charge in [-0.25, -0.2) is 4.98 Å². The summed E-state index contributed by atoms with van der Waals surface area (Å²) < 4.78 is 0. The van der Waals surface area contributed by atoms with E-state index in [9.17, 15) is 4.79 Å². The largest absolute Gasteiger partial charge is 0.384 e. The van der Waals surface area contributed by atoms with Gasteiger partial charge in [-0.3, -0.25) is 4.79 Å². The Labute approximate surface area is 121 Å². The fourth-order valence-electron chi connectivity index (χ4n) is 2.82. The molecular weight excluding hydrogens is 250 g/mol. The topological polar surface area (TPSA) is 68.0 Å². The number of pyridine rings is 1. The summed E-state index contributed by atoms with van der Waals surface area (Å²) in [6.07, 6.45) is 2.24. The van der Waals surface area contributed by atoms with Gasteiger partial charge in [-0.15, -0.1) is 0 Å². The summed E-state index contributed by atoms with van der Waals surface area (Å²) in [4.78, 5) is 16.7. The average molecular weight is 275 g/mol. The molecule has 1 aliphatic rings. The zero-order chi connectivity index (χ0) is 14.9. The van der Waals surface area contributed by atoms with Gasteiger partial charge < -0.3 is 11.1 Å². The number of rotatable bonds is 3. The smallest absolute Gasteiger partial charge is 0.251 e. The molecule has 2 rings (SSSR count). The van der Waals surface area contributed by atoms with E-state index in [0.29, 0.717) is 23.2 Å². The van der Waals surface area contributed by atoms with Crippen LogP contribution in [-0.4, -0.2) is 16.9 Å². The van der Waals surface area contributed by atoms with Gasteiger partial charge in [-0.2, -0.15) is 0 Å². The molecule has 1 aromatic heterocycles. The van der Waals surface area contributed by atoms with Crippen molar-refractivity contribution in [3.8, 4) is 0 Å². The highest BCUT2D eigenvalue weighted by Crippen LogP contribution is 2.31. The number of nitrogens with two attached hydrogens (primary N) is 1. The van der Waals surface area contributed by atoms with Crippen LogP contribution in [0.15, 0.2) is 12.1 Å². The molecule has 3 N–H and O–H groups in total. The molecule has 1 amide bonds. The quantitative estimate of drug-likeness (QED) is 0.891. The maximum atomic E-state index is 12.4. The van der Waals surface area contributed by atoms with E-state index in [4.69, 9.17) is 5.73 Å². The first-order valence-corrected chi connectivity index (χ1v) is 7.46. The highest BCUT2D eigenvalue weighted by atomic mass is 16.1. The lowest BCUT2D eigenvalue weighted by Gasteiger charge is -2.20. The van der Waals surface area contributed by atoms with E-state index in [0.717, 1.165) is 12.1 Å². The minimum atomic E-state index is -0.0352. The molecule has 3 unspecified atom stereocenters. The third-order valence-electron chi connectivity index (χ3n) is 4.50. The third kappa shape index (κ3) is 3.11. The Morgan fingerprint density at radius 2 is 2.05 bits per heavy atom. The number of nitrogens with zero attached hydrogens (tertiary/aromatic N) is 1. The molecule has 1 saturated carbocycles. The molecule has 0 radical (unpaired) electrons. The van der Waals surface area contributed by atoms with Gasteiger partial charge in [0.25, 0.3) is 5.91 Å². The number of nitrogen functional groups attached to an aromatic ring is 1. The second-order valence-electron chi connectivity index (χ2n) is 6.35. The molecule has 3 atom stereocenters.